The molecule has 0 spiro atoms. The number of nitrogens with zero attached hydrogens (tertiary/aromatic N) is 1. The van der Waals surface area contributed by atoms with Crippen molar-refractivity contribution in [3.63, 3.8) is 0 Å². The Morgan fingerprint density at radius 3 is 2.45 bits per heavy atom. The normalized spacial score (nSPS) is 13.7. The summed E-state index contributed by atoms with van der Waals surface area (Å²) in [5, 5.41) is 0. The lowest BCUT2D eigenvalue weighted by atomic mass is 9.97. The van der Waals surface area contributed by atoms with Gasteiger partial charge in [0.25, 0.3) is 0 Å². The van der Waals surface area contributed by atoms with E-state index in [2.05, 4.69) is 48.2 Å². The first-order chi connectivity index (χ1) is 15.1. The van der Waals surface area contributed by atoms with Gasteiger partial charge in [-0.05, 0) is 53.9 Å². The minimum absolute atomic E-state index is 0.597. The highest BCUT2D eigenvalue weighted by Gasteiger charge is 2.22. The first-order valence-electron chi connectivity index (χ1n) is 10.5. The molecule has 0 aromatic heterocycles. The van der Waals surface area contributed by atoms with Crippen LogP contribution in [-0.2, 0) is 13.1 Å². The Kier molecular flexibility index (Phi) is 6.33. The van der Waals surface area contributed by atoms with E-state index in [9.17, 15) is 0 Å². The van der Waals surface area contributed by atoms with Crippen LogP contribution < -0.4 is 18.9 Å². The highest BCUT2D eigenvalue weighted by molar-refractivity contribution is 5.72. The average Bonchev–Trinajstić information content (AvgIpc) is 3.00. The van der Waals surface area contributed by atoms with Crippen molar-refractivity contribution >= 4 is 0 Å². The SMILES string of the molecule is COc1ccc(OC)c(CN2CCOc3c(cc(-c4ccccc4C)cc3OC)C2)c1. The Balaban J connectivity index is 1.68. The quantitative estimate of drug-likeness (QED) is 0.557. The van der Waals surface area contributed by atoms with Crippen molar-refractivity contribution in [3.05, 3.63) is 71.3 Å². The van der Waals surface area contributed by atoms with Crippen molar-refractivity contribution < 1.29 is 18.9 Å². The van der Waals surface area contributed by atoms with Gasteiger partial charge >= 0.3 is 0 Å². The molecule has 0 atom stereocenters. The lowest BCUT2D eigenvalue weighted by Gasteiger charge is -2.21. The molecule has 5 heteroatoms. The van der Waals surface area contributed by atoms with E-state index in [-0.39, 0.29) is 0 Å². The molecule has 0 radical (unpaired) electrons. The zero-order valence-corrected chi connectivity index (χ0v) is 18.6. The number of methoxy groups -OCH3 is 3. The summed E-state index contributed by atoms with van der Waals surface area (Å²) in [5.41, 5.74) is 5.79. The molecular weight excluding hydrogens is 390 g/mol. The van der Waals surface area contributed by atoms with Gasteiger partial charge in [0.1, 0.15) is 18.1 Å². The number of benzene rings is 3. The molecule has 5 nitrogen and oxygen atoms in total. The molecule has 0 amide bonds. The molecule has 0 saturated carbocycles. The first-order valence-corrected chi connectivity index (χ1v) is 10.5. The van der Waals surface area contributed by atoms with E-state index >= 15 is 0 Å². The summed E-state index contributed by atoms with van der Waals surface area (Å²) in [6.45, 7) is 5.02. The van der Waals surface area contributed by atoms with Crippen LogP contribution in [0.4, 0.5) is 0 Å². The highest BCUT2D eigenvalue weighted by Crippen LogP contribution is 2.39. The molecule has 0 unspecified atom stereocenters. The van der Waals surface area contributed by atoms with Gasteiger partial charge in [-0.1, -0.05) is 24.3 Å². The molecule has 31 heavy (non-hydrogen) atoms. The lowest BCUT2D eigenvalue weighted by molar-refractivity contribution is 0.214. The van der Waals surface area contributed by atoms with Gasteiger partial charge < -0.3 is 18.9 Å². The third-order valence-corrected chi connectivity index (χ3v) is 5.74. The molecule has 4 rings (SSSR count). The minimum atomic E-state index is 0.597. The van der Waals surface area contributed by atoms with Gasteiger partial charge in [-0.15, -0.1) is 0 Å². The van der Waals surface area contributed by atoms with Crippen LogP contribution in [0, 0.1) is 6.92 Å². The van der Waals surface area contributed by atoms with E-state index in [0.717, 1.165) is 59.3 Å². The van der Waals surface area contributed by atoms with Crippen LogP contribution in [-0.4, -0.2) is 39.4 Å². The van der Waals surface area contributed by atoms with Gasteiger partial charge in [0.2, 0.25) is 0 Å². The van der Waals surface area contributed by atoms with Crippen LogP contribution in [0.5, 0.6) is 23.0 Å². The van der Waals surface area contributed by atoms with Crippen LogP contribution >= 0.6 is 0 Å². The van der Waals surface area contributed by atoms with Crippen LogP contribution in [0.2, 0.25) is 0 Å². The van der Waals surface area contributed by atoms with E-state index in [1.807, 2.05) is 18.2 Å². The molecule has 0 bridgehead atoms. The maximum absolute atomic E-state index is 6.14. The molecule has 3 aromatic carbocycles. The van der Waals surface area contributed by atoms with Gasteiger partial charge in [-0.3, -0.25) is 4.90 Å². The summed E-state index contributed by atoms with van der Waals surface area (Å²) in [7, 11) is 5.08. The van der Waals surface area contributed by atoms with E-state index in [1.54, 1.807) is 21.3 Å². The van der Waals surface area contributed by atoms with Crippen molar-refractivity contribution in [1.82, 2.24) is 4.90 Å². The minimum Gasteiger partial charge on any atom is -0.497 e. The second-order valence-electron chi connectivity index (χ2n) is 7.72. The van der Waals surface area contributed by atoms with E-state index in [4.69, 9.17) is 18.9 Å². The fourth-order valence-corrected chi connectivity index (χ4v) is 4.12. The lowest BCUT2D eigenvalue weighted by Crippen LogP contribution is -2.25. The summed E-state index contributed by atoms with van der Waals surface area (Å²) in [5.74, 6) is 3.29. The fourth-order valence-electron chi connectivity index (χ4n) is 4.12. The number of hydrogen-bond donors (Lipinski definition) is 0. The predicted octanol–water partition coefficient (Wildman–Crippen LogP) is 5.08. The molecule has 3 aromatic rings. The Hall–Kier alpha value is -3.18. The molecule has 1 aliphatic heterocycles. The largest absolute Gasteiger partial charge is 0.497 e. The van der Waals surface area contributed by atoms with E-state index in [0.29, 0.717) is 6.61 Å². The molecular formula is C26H29NO4. The molecule has 0 saturated heterocycles. The maximum atomic E-state index is 6.14. The number of hydrogen-bond acceptors (Lipinski definition) is 5. The zero-order valence-electron chi connectivity index (χ0n) is 18.6. The van der Waals surface area contributed by atoms with Crippen molar-refractivity contribution in [1.29, 1.82) is 0 Å². The molecule has 1 heterocycles. The second-order valence-corrected chi connectivity index (χ2v) is 7.72. The fraction of sp³-hybridized carbons (Fsp3) is 0.308. The van der Waals surface area contributed by atoms with Gasteiger partial charge in [0.05, 0.1) is 21.3 Å². The summed E-state index contributed by atoms with van der Waals surface area (Å²) in [6, 6.07) is 18.6. The standard InChI is InChI=1S/C26H29NO4/c1-18-7-5-6-8-23(18)19-13-21-17-27(11-12-31-26(21)25(15-19)30-4)16-20-14-22(28-2)9-10-24(20)29-3/h5-10,13-15H,11-12,16-17H2,1-4H3. The third kappa shape index (κ3) is 4.47. The van der Waals surface area contributed by atoms with Crippen molar-refractivity contribution in [3.8, 4) is 34.1 Å². The molecule has 162 valence electrons. The van der Waals surface area contributed by atoms with Crippen LogP contribution in [0.15, 0.2) is 54.6 Å². The average molecular weight is 420 g/mol. The van der Waals surface area contributed by atoms with Crippen LogP contribution in [0.25, 0.3) is 11.1 Å². The summed E-state index contributed by atoms with van der Waals surface area (Å²) in [6.07, 6.45) is 0. The van der Waals surface area contributed by atoms with Gasteiger partial charge in [-0.25, -0.2) is 0 Å². The Morgan fingerprint density at radius 1 is 0.903 bits per heavy atom. The molecule has 0 N–H and O–H groups in total. The van der Waals surface area contributed by atoms with Gasteiger partial charge in [0.15, 0.2) is 11.5 Å². The van der Waals surface area contributed by atoms with Crippen LogP contribution in [0.3, 0.4) is 0 Å². The van der Waals surface area contributed by atoms with Gasteiger partial charge in [0, 0.05) is 30.8 Å². The monoisotopic (exact) mass is 419 g/mol. The highest BCUT2D eigenvalue weighted by atomic mass is 16.5. The smallest absolute Gasteiger partial charge is 0.165 e. The van der Waals surface area contributed by atoms with Crippen molar-refractivity contribution in [2.24, 2.45) is 0 Å². The summed E-state index contributed by atoms with van der Waals surface area (Å²) < 4.78 is 22.8. The Bertz CT molecular complexity index is 1060. The number of fused-ring (bicyclic) bond motifs is 1. The molecule has 0 fully saturated rings. The first kappa shape index (κ1) is 21.1. The Morgan fingerprint density at radius 2 is 1.71 bits per heavy atom. The summed E-state index contributed by atoms with van der Waals surface area (Å²) in [4.78, 5) is 2.37. The van der Waals surface area contributed by atoms with E-state index < -0.39 is 0 Å². The summed E-state index contributed by atoms with van der Waals surface area (Å²) >= 11 is 0. The third-order valence-electron chi connectivity index (χ3n) is 5.74. The predicted molar refractivity (Wildman–Crippen MR) is 122 cm³/mol. The van der Waals surface area contributed by atoms with Crippen molar-refractivity contribution in [2.75, 3.05) is 34.5 Å². The molecule has 1 aliphatic rings. The Labute approximate surface area is 184 Å². The zero-order chi connectivity index (χ0) is 21.8. The maximum Gasteiger partial charge on any atom is 0.165 e. The number of ether oxygens (including phenoxy) is 4. The van der Waals surface area contributed by atoms with Crippen molar-refractivity contribution in [2.45, 2.75) is 20.0 Å². The van der Waals surface area contributed by atoms with Crippen LogP contribution in [0.1, 0.15) is 16.7 Å². The molecule has 0 aliphatic carbocycles. The van der Waals surface area contributed by atoms with Gasteiger partial charge in [-0.2, -0.15) is 0 Å². The number of aryl methyl sites for hydroxylation is 1. The topological polar surface area (TPSA) is 40.2 Å². The number of rotatable bonds is 6. The second kappa shape index (κ2) is 9.31. The van der Waals surface area contributed by atoms with E-state index in [1.165, 1.54) is 11.1 Å².